The first-order valence-electron chi connectivity index (χ1n) is 12.5. The molecule has 0 fully saturated rings. The van der Waals surface area contributed by atoms with E-state index in [1.807, 2.05) is 0 Å². The third-order valence-corrected chi connectivity index (χ3v) is 6.21. The number of hydrogen-bond acceptors (Lipinski definition) is 7. The van der Waals surface area contributed by atoms with Crippen LogP contribution >= 0.6 is 0 Å². The fourth-order valence-electron chi connectivity index (χ4n) is 4.03. The van der Waals surface area contributed by atoms with Gasteiger partial charge in [-0.15, -0.1) is 0 Å². The van der Waals surface area contributed by atoms with Crippen LogP contribution in [0, 0.1) is 17.8 Å². The smallest absolute Gasteiger partial charge is 0.327 e. The lowest BCUT2D eigenvalue weighted by atomic mass is 9.87. The highest BCUT2D eigenvalue weighted by molar-refractivity contribution is 5.82. The first-order chi connectivity index (χ1) is 17.3. The minimum Gasteiger partial charge on any atom is -0.481 e. The van der Waals surface area contributed by atoms with Gasteiger partial charge in [0, 0.05) is 44.3 Å². The largest absolute Gasteiger partial charge is 0.481 e. The van der Waals surface area contributed by atoms with Crippen LogP contribution < -0.4 is 5.73 Å². The molecule has 0 radical (unpaired) electrons. The van der Waals surface area contributed by atoms with Crippen LogP contribution in [0.1, 0.15) is 65.7 Å². The molecule has 6 N–H and O–H groups in total. The van der Waals surface area contributed by atoms with E-state index in [4.69, 9.17) is 20.7 Å². The third-order valence-electron chi connectivity index (χ3n) is 6.21. The third kappa shape index (κ3) is 15.1. The number of carboxylic acids is 2. The van der Waals surface area contributed by atoms with Crippen molar-refractivity contribution in [1.82, 2.24) is 0 Å². The van der Waals surface area contributed by atoms with Crippen LogP contribution in [0.15, 0.2) is 36.0 Å². The van der Waals surface area contributed by atoms with Crippen molar-refractivity contribution in [2.75, 3.05) is 7.11 Å². The van der Waals surface area contributed by atoms with Crippen molar-refractivity contribution < 1.29 is 44.3 Å². The maximum absolute atomic E-state index is 12.6. The van der Waals surface area contributed by atoms with Gasteiger partial charge in [0.1, 0.15) is 11.9 Å². The van der Waals surface area contributed by atoms with Crippen molar-refractivity contribution in [3.05, 3.63) is 36.0 Å². The van der Waals surface area contributed by atoms with E-state index in [9.17, 15) is 29.4 Å². The Balaban J connectivity index is 4.92. The molecule has 0 aliphatic carbocycles. The molecule has 0 aromatic rings. The molecule has 0 saturated carbocycles. The normalized spacial score (nSPS) is 17.3. The Labute approximate surface area is 218 Å². The Morgan fingerprint density at radius 3 is 2.16 bits per heavy atom. The predicted molar refractivity (Wildman–Crippen MR) is 138 cm³/mol. The van der Waals surface area contributed by atoms with Gasteiger partial charge in [-0.25, -0.2) is 4.79 Å². The number of aliphatic carboxylic acids is 2. The van der Waals surface area contributed by atoms with Crippen LogP contribution in [0.5, 0.6) is 0 Å². The lowest BCUT2D eigenvalue weighted by Gasteiger charge is -2.29. The maximum atomic E-state index is 12.6. The molecule has 0 aliphatic rings. The van der Waals surface area contributed by atoms with Gasteiger partial charge in [-0.1, -0.05) is 38.2 Å². The average Bonchev–Trinajstić information content (AvgIpc) is 2.80. The highest BCUT2D eigenvalue weighted by Gasteiger charge is 2.29. The quantitative estimate of drug-likeness (QED) is 0.0905. The molecule has 0 spiro atoms. The van der Waals surface area contributed by atoms with Crippen molar-refractivity contribution in [3.8, 4) is 0 Å². The molecule has 0 rings (SSSR count). The number of aliphatic hydroxyl groups excluding tert-OH is 2. The highest BCUT2D eigenvalue weighted by atomic mass is 16.5. The molecular formula is C27H43NO9. The Morgan fingerprint density at radius 2 is 1.62 bits per heavy atom. The molecule has 0 aromatic carbocycles. The topological polar surface area (TPSA) is 184 Å². The molecule has 210 valence electrons. The summed E-state index contributed by atoms with van der Waals surface area (Å²) in [7, 11) is 1.44. The van der Waals surface area contributed by atoms with Gasteiger partial charge in [0.15, 0.2) is 0 Å². The molecule has 0 aliphatic heterocycles. The van der Waals surface area contributed by atoms with E-state index in [-0.39, 0.29) is 25.0 Å². The predicted octanol–water partition coefficient (Wildman–Crippen LogP) is 2.62. The van der Waals surface area contributed by atoms with E-state index in [0.717, 1.165) is 6.08 Å². The lowest BCUT2D eigenvalue weighted by Crippen LogP contribution is -2.39. The Bertz CT molecular complexity index is 818. The van der Waals surface area contributed by atoms with Gasteiger partial charge in [0.05, 0.1) is 12.2 Å². The molecular weight excluding hydrogens is 482 g/mol. The fraction of sp³-hybridized carbons (Fsp3) is 0.630. The number of ketones is 1. The summed E-state index contributed by atoms with van der Waals surface area (Å²) in [5.74, 6) is -4.20. The van der Waals surface area contributed by atoms with Gasteiger partial charge in [0.2, 0.25) is 5.91 Å². The van der Waals surface area contributed by atoms with Crippen LogP contribution in [-0.4, -0.2) is 69.5 Å². The molecule has 6 atom stereocenters. The number of allylic oxidation sites excluding steroid dienone is 3. The van der Waals surface area contributed by atoms with Crippen LogP contribution in [0.25, 0.3) is 0 Å². The highest BCUT2D eigenvalue weighted by Crippen LogP contribution is 2.23. The second-order valence-corrected chi connectivity index (χ2v) is 9.43. The number of ether oxygens (including phenoxy) is 1. The number of methoxy groups -OCH3 is 1. The van der Waals surface area contributed by atoms with Gasteiger partial charge >= 0.3 is 11.9 Å². The number of nitrogens with two attached hydrogens (primary N) is 1. The van der Waals surface area contributed by atoms with E-state index < -0.39 is 53.9 Å². The Morgan fingerprint density at radius 1 is 1.00 bits per heavy atom. The number of rotatable bonds is 20. The molecule has 37 heavy (non-hydrogen) atoms. The zero-order valence-corrected chi connectivity index (χ0v) is 22.2. The van der Waals surface area contributed by atoms with Gasteiger partial charge in [0.25, 0.3) is 0 Å². The summed E-state index contributed by atoms with van der Waals surface area (Å²) in [4.78, 5) is 45.1. The molecule has 0 heterocycles. The van der Waals surface area contributed by atoms with Gasteiger partial charge < -0.3 is 30.9 Å². The number of Topliss-reactive ketones (excluding diaryl/α,β-unsaturated/α-hetero) is 1. The van der Waals surface area contributed by atoms with Gasteiger partial charge in [-0.3, -0.25) is 14.4 Å². The van der Waals surface area contributed by atoms with Crippen molar-refractivity contribution >= 4 is 23.6 Å². The van der Waals surface area contributed by atoms with Crippen LogP contribution in [0.4, 0.5) is 0 Å². The minimum atomic E-state index is -1.03. The number of carboxylic acid groups (broad SMARTS) is 2. The Hall–Kier alpha value is -2.82. The molecule has 0 bridgehead atoms. The average molecular weight is 526 g/mol. The summed E-state index contributed by atoms with van der Waals surface area (Å²) in [6, 6.07) is 0. The van der Waals surface area contributed by atoms with Gasteiger partial charge in [-0.05, 0) is 44.1 Å². The summed E-state index contributed by atoms with van der Waals surface area (Å²) < 4.78 is 5.34. The number of unbranched alkanes of at least 4 members (excludes halogenated alkanes) is 1. The lowest BCUT2D eigenvalue weighted by molar-refractivity contribution is -0.138. The van der Waals surface area contributed by atoms with Crippen LogP contribution in [-0.2, 0) is 23.9 Å². The van der Waals surface area contributed by atoms with E-state index in [1.165, 1.54) is 13.2 Å². The number of carbonyl (C=O) groups excluding carboxylic acids is 2. The summed E-state index contributed by atoms with van der Waals surface area (Å²) in [5, 5.41) is 39.0. The first-order valence-corrected chi connectivity index (χ1v) is 12.5. The van der Waals surface area contributed by atoms with E-state index in [1.54, 1.807) is 39.0 Å². The van der Waals surface area contributed by atoms with Crippen molar-refractivity contribution in [2.24, 2.45) is 23.5 Å². The standard InChI is InChI=1S/C27H43NO9/c1-17(21(29)11-9-10-20(15-23(28)30)16-25(33)34)14-18(2)26(35)19(3)27(36)22(37-4)12-7-5-6-8-13-24(31)32/h7-8,12-14,17,19-20,22,26-27,35-36H,5-6,9-11,15-16H2,1-4H3,(H2,28,30)(H,31,32)(H,33,34). The fourth-order valence-corrected chi connectivity index (χ4v) is 4.03. The van der Waals surface area contributed by atoms with E-state index >= 15 is 0 Å². The number of amides is 1. The monoisotopic (exact) mass is 525 g/mol. The summed E-state index contributed by atoms with van der Waals surface area (Å²) >= 11 is 0. The number of aliphatic hydroxyl groups is 2. The van der Waals surface area contributed by atoms with Crippen molar-refractivity contribution in [3.63, 3.8) is 0 Å². The number of carbonyl (C=O) groups is 4. The molecule has 0 saturated heterocycles. The molecule has 1 amide bonds. The molecule has 10 nitrogen and oxygen atoms in total. The second-order valence-electron chi connectivity index (χ2n) is 9.43. The molecule has 0 aromatic heterocycles. The maximum Gasteiger partial charge on any atom is 0.327 e. The minimum absolute atomic E-state index is 0.0408. The second kappa shape index (κ2) is 18.4. The van der Waals surface area contributed by atoms with Crippen molar-refractivity contribution in [2.45, 2.75) is 84.0 Å². The van der Waals surface area contributed by atoms with Gasteiger partial charge in [-0.2, -0.15) is 0 Å². The van der Waals surface area contributed by atoms with Crippen molar-refractivity contribution in [1.29, 1.82) is 0 Å². The number of primary amides is 1. The number of hydrogen-bond donors (Lipinski definition) is 5. The Kier molecular flexibility index (Phi) is 17.0. The first kappa shape index (κ1) is 34.2. The SMILES string of the molecule is COC(C=CCCC=CC(=O)O)C(O)C(C)C(O)C(C)=CC(C)C(=O)CCCC(CC(N)=O)CC(=O)O. The zero-order valence-electron chi connectivity index (χ0n) is 22.2. The van der Waals surface area contributed by atoms with E-state index in [2.05, 4.69) is 0 Å². The van der Waals surface area contributed by atoms with Crippen LogP contribution in [0.3, 0.4) is 0 Å². The zero-order chi connectivity index (χ0) is 28.5. The summed E-state index contributed by atoms with van der Waals surface area (Å²) in [6.45, 7) is 5.06. The van der Waals surface area contributed by atoms with E-state index in [0.29, 0.717) is 31.3 Å². The summed E-state index contributed by atoms with van der Waals surface area (Å²) in [5.41, 5.74) is 5.71. The molecule has 6 unspecified atom stereocenters. The molecule has 10 heteroatoms. The summed E-state index contributed by atoms with van der Waals surface area (Å²) in [6.07, 6.45) is 6.83. The van der Waals surface area contributed by atoms with Crippen LogP contribution in [0.2, 0.25) is 0 Å².